The molecule has 0 aliphatic heterocycles. The highest BCUT2D eigenvalue weighted by Crippen LogP contribution is 2.34. The van der Waals surface area contributed by atoms with Gasteiger partial charge in [0.2, 0.25) is 5.78 Å². The van der Waals surface area contributed by atoms with Gasteiger partial charge in [0.1, 0.15) is 17.2 Å². The van der Waals surface area contributed by atoms with Gasteiger partial charge in [0, 0.05) is 0 Å². The van der Waals surface area contributed by atoms with Gasteiger partial charge in [-0.15, -0.1) is 22.7 Å². The van der Waals surface area contributed by atoms with Crippen molar-refractivity contribution in [3.8, 4) is 0 Å². The topological polar surface area (TPSA) is 106 Å². The molecule has 4 aromatic rings. The van der Waals surface area contributed by atoms with E-state index in [1.165, 1.54) is 12.1 Å². The Kier molecular flexibility index (Phi) is 5.17. The predicted octanol–water partition coefficient (Wildman–Crippen LogP) is 4.89. The van der Waals surface area contributed by atoms with Crippen LogP contribution in [0.4, 0.5) is 0 Å². The summed E-state index contributed by atoms with van der Waals surface area (Å²) in [5.74, 6) is -0.631. The summed E-state index contributed by atoms with van der Waals surface area (Å²) in [5.41, 5.74) is 1.28. The fraction of sp³-hybridized carbons (Fsp3) is 0. The summed E-state index contributed by atoms with van der Waals surface area (Å²) in [5, 5.41) is 10.9. The summed E-state index contributed by atoms with van der Waals surface area (Å²) >= 11 is 5.47. The van der Waals surface area contributed by atoms with Gasteiger partial charge in [-0.3, -0.25) is 9.00 Å². The van der Waals surface area contributed by atoms with E-state index in [-0.39, 0.29) is 26.2 Å². The van der Waals surface area contributed by atoms with Crippen molar-refractivity contribution in [1.29, 1.82) is 0 Å². The maximum Gasteiger partial charge on any atom is 0.210 e. The van der Waals surface area contributed by atoms with Gasteiger partial charge in [0.05, 0.1) is 29.3 Å². The number of aliphatic hydroxyl groups is 1. The number of imidazole rings is 1. The van der Waals surface area contributed by atoms with E-state index in [0.29, 0.717) is 20.2 Å². The SMILES string of the molecule is O=C(C(=C(O)c1ccc(S(=O)[O-])s1)c1nc2ccccc2[nH]1)c1ccc(Cl)s1. The van der Waals surface area contributed by atoms with Crippen LogP contribution in [0.3, 0.4) is 0 Å². The third-order valence-corrected chi connectivity index (χ3v) is 7.11. The molecule has 28 heavy (non-hydrogen) atoms. The van der Waals surface area contributed by atoms with Gasteiger partial charge in [0.25, 0.3) is 0 Å². The lowest BCUT2D eigenvalue weighted by atomic mass is 10.1. The number of halogens is 1. The van der Waals surface area contributed by atoms with Gasteiger partial charge in [-0.1, -0.05) is 23.7 Å². The second-order valence-electron chi connectivity index (χ2n) is 5.61. The Labute approximate surface area is 174 Å². The Hall–Kier alpha value is -2.30. The van der Waals surface area contributed by atoms with E-state index in [2.05, 4.69) is 9.97 Å². The minimum atomic E-state index is -2.43. The molecule has 0 radical (unpaired) electrons. The normalized spacial score (nSPS) is 13.5. The van der Waals surface area contributed by atoms with Crippen molar-refractivity contribution in [2.75, 3.05) is 0 Å². The number of hydrogen-bond donors (Lipinski definition) is 2. The number of rotatable bonds is 5. The molecule has 0 saturated heterocycles. The number of carbonyl (C=O) groups excluding carboxylic acids is 1. The van der Waals surface area contributed by atoms with E-state index in [1.54, 1.807) is 24.3 Å². The number of fused-ring (bicyclic) bond motifs is 1. The maximum atomic E-state index is 13.1. The first-order valence-electron chi connectivity index (χ1n) is 7.82. The molecule has 3 aromatic heterocycles. The number of aromatic amines is 1. The van der Waals surface area contributed by atoms with Crippen LogP contribution in [0.2, 0.25) is 4.34 Å². The molecule has 0 bridgehead atoms. The smallest absolute Gasteiger partial charge is 0.210 e. The zero-order chi connectivity index (χ0) is 19.8. The van der Waals surface area contributed by atoms with Crippen molar-refractivity contribution in [2.45, 2.75) is 4.21 Å². The Balaban J connectivity index is 1.91. The summed E-state index contributed by atoms with van der Waals surface area (Å²) in [7, 11) is 0. The summed E-state index contributed by atoms with van der Waals surface area (Å²) in [4.78, 5) is 21.2. The van der Waals surface area contributed by atoms with Crippen molar-refractivity contribution in [2.24, 2.45) is 0 Å². The standard InChI is InChI=1S/C18H11ClN2O4S3/c19-13-7-5-11(26-13)16(22)15(17(23)12-6-8-14(27-12)28(24)25)18-20-9-3-1-2-4-10(9)21-18/h1-8,23H,(H,20,21)(H,24,25)/p-1. The number of hydrogen-bond acceptors (Lipinski definition) is 7. The van der Waals surface area contributed by atoms with Crippen molar-refractivity contribution >= 4 is 73.5 Å². The molecule has 0 saturated carbocycles. The molecule has 10 heteroatoms. The highest BCUT2D eigenvalue weighted by Gasteiger charge is 2.25. The Morgan fingerprint density at radius 1 is 1.11 bits per heavy atom. The van der Waals surface area contributed by atoms with Crippen LogP contribution in [0.25, 0.3) is 22.4 Å². The van der Waals surface area contributed by atoms with Gasteiger partial charge in [-0.05, 0) is 47.5 Å². The molecule has 0 amide bonds. The van der Waals surface area contributed by atoms with Gasteiger partial charge >= 0.3 is 0 Å². The summed E-state index contributed by atoms with van der Waals surface area (Å²) in [6.07, 6.45) is 0. The molecular formula is C18H10ClN2O4S3-. The number of thiophene rings is 2. The average Bonchev–Trinajstić information content (AvgIpc) is 3.40. The molecule has 1 atom stereocenters. The average molecular weight is 450 g/mol. The van der Waals surface area contributed by atoms with Gasteiger partial charge in [-0.2, -0.15) is 0 Å². The zero-order valence-electron chi connectivity index (χ0n) is 13.8. The van der Waals surface area contributed by atoms with Crippen molar-refractivity contribution in [3.63, 3.8) is 0 Å². The number of para-hydroxylation sites is 2. The lowest BCUT2D eigenvalue weighted by molar-refractivity contribution is 0.105. The first-order valence-corrected chi connectivity index (χ1v) is 10.9. The Bertz CT molecular complexity index is 1220. The van der Waals surface area contributed by atoms with Crippen LogP contribution in [-0.2, 0) is 11.1 Å². The number of nitrogens with one attached hydrogen (secondary N) is 1. The lowest BCUT2D eigenvalue weighted by Gasteiger charge is -2.06. The highest BCUT2D eigenvalue weighted by molar-refractivity contribution is 7.81. The van der Waals surface area contributed by atoms with Crippen LogP contribution in [0.5, 0.6) is 0 Å². The monoisotopic (exact) mass is 449 g/mol. The lowest BCUT2D eigenvalue weighted by Crippen LogP contribution is -2.05. The predicted molar refractivity (Wildman–Crippen MR) is 111 cm³/mol. The molecule has 0 spiro atoms. The van der Waals surface area contributed by atoms with Crippen LogP contribution in [-0.4, -0.2) is 29.6 Å². The molecule has 142 valence electrons. The molecule has 6 nitrogen and oxygen atoms in total. The molecule has 2 N–H and O–H groups in total. The molecule has 0 aliphatic carbocycles. The highest BCUT2D eigenvalue weighted by atomic mass is 35.5. The first kappa shape index (κ1) is 19.0. The zero-order valence-corrected chi connectivity index (χ0v) is 17.0. The van der Waals surface area contributed by atoms with E-state index in [0.717, 1.165) is 22.7 Å². The van der Waals surface area contributed by atoms with Crippen molar-refractivity contribution in [1.82, 2.24) is 9.97 Å². The van der Waals surface area contributed by atoms with E-state index in [4.69, 9.17) is 11.6 Å². The fourth-order valence-electron chi connectivity index (χ4n) is 2.62. The number of aliphatic hydroxyl groups excluding tert-OH is 1. The van der Waals surface area contributed by atoms with E-state index in [9.17, 15) is 18.7 Å². The van der Waals surface area contributed by atoms with Gasteiger partial charge < -0.3 is 14.6 Å². The van der Waals surface area contributed by atoms with Crippen molar-refractivity contribution in [3.05, 3.63) is 68.4 Å². The second-order valence-corrected chi connectivity index (χ2v) is 9.58. The van der Waals surface area contributed by atoms with E-state index >= 15 is 0 Å². The number of allylic oxidation sites excluding steroid dienone is 1. The Morgan fingerprint density at radius 3 is 2.50 bits per heavy atom. The number of aromatic nitrogens is 2. The number of ketones is 1. The number of nitrogens with zero attached hydrogens (tertiary/aromatic N) is 1. The van der Waals surface area contributed by atoms with Crippen LogP contribution >= 0.6 is 34.3 Å². The van der Waals surface area contributed by atoms with Crippen LogP contribution in [0.1, 0.15) is 20.4 Å². The third kappa shape index (κ3) is 3.54. The molecule has 1 aromatic carbocycles. The molecule has 1 unspecified atom stereocenters. The Morgan fingerprint density at radius 2 is 1.86 bits per heavy atom. The number of carbonyl (C=O) groups is 1. The number of H-pyrrole nitrogens is 1. The maximum absolute atomic E-state index is 13.1. The largest absolute Gasteiger partial charge is 0.768 e. The molecule has 0 aliphatic rings. The van der Waals surface area contributed by atoms with Gasteiger partial charge in [0.15, 0.2) is 0 Å². The molecule has 0 fully saturated rings. The quantitative estimate of drug-likeness (QED) is 0.195. The van der Waals surface area contributed by atoms with E-state index < -0.39 is 16.9 Å². The fourth-order valence-corrected chi connectivity index (χ4v) is 5.02. The molecular weight excluding hydrogens is 440 g/mol. The number of Topliss-reactive ketones (excluding diaryl/α,β-unsaturated/α-hetero) is 1. The van der Waals surface area contributed by atoms with Gasteiger partial charge in [-0.25, -0.2) is 4.98 Å². The number of benzene rings is 1. The van der Waals surface area contributed by atoms with E-state index in [1.807, 2.05) is 12.1 Å². The minimum Gasteiger partial charge on any atom is -0.768 e. The summed E-state index contributed by atoms with van der Waals surface area (Å²) in [6.45, 7) is 0. The van der Waals surface area contributed by atoms with Crippen molar-refractivity contribution < 1.29 is 18.7 Å². The first-order chi connectivity index (χ1) is 13.4. The third-order valence-electron chi connectivity index (χ3n) is 3.87. The van der Waals surface area contributed by atoms with Crippen LogP contribution in [0.15, 0.2) is 52.7 Å². The summed E-state index contributed by atoms with van der Waals surface area (Å²) < 4.78 is 22.8. The van der Waals surface area contributed by atoms with Crippen LogP contribution in [0, 0.1) is 0 Å². The summed E-state index contributed by atoms with van der Waals surface area (Å²) in [6, 6.07) is 13.2. The molecule has 3 heterocycles. The second kappa shape index (κ2) is 7.61. The molecule has 4 rings (SSSR count). The minimum absolute atomic E-state index is 0.0529. The van der Waals surface area contributed by atoms with Crippen LogP contribution < -0.4 is 0 Å².